The van der Waals surface area contributed by atoms with Crippen molar-refractivity contribution in [3.63, 3.8) is 0 Å². The van der Waals surface area contributed by atoms with Gasteiger partial charge in [0, 0.05) is 6.61 Å². The van der Waals surface area contributed by atoms with E-state index < -0.39 is 8.32 Å². The van der Waals surface area contributed by atoms with Gasteiger partial charge in [0.25, 0.3) is 0 Å². The van der Waals surface area contributed by atoms with Crippen LogP contribution >= 0.6 is 0 Å². The predicted octanol–water partition coefficient (Wildman–Crippen LogP) is 0.482. The van der Waals surface area contributed by atoms with Gasteiger partial charge < -0.3 is 11.3 Å². The molecule has 0 fully saturated rings. The van der Waals surface area contributed by atoms with Gasteiger partial charge in [-0.15, -0.1) is 5.92 Å². The molecule has 0 radical (unpaired) electrons. The van der Waals surface area contributed by atoms with Crippen molar-refractivity contribution < 1.29 is 23.3 Å². The van der Waals surface area contributed by atoms with E-state index in [0.29, 0.717) is 11.0 Å². The normalized spacial score (nSPS) is 15.0. The maximum absolute atomic E-state index is 5.93. The van der Waals surface area contributed by atoms with Crippen molar-refractivity contribution in [1.29, 1.82) is 0 Å². The van der Waals surface area contributed by atoms with Crippen molar-refractivity contribution >= 4 is 8.32 Å². The van der Waals surface area contributed by atoms with Crippen LogP contribution < -0.4 is 18.9 Å². The van der Waals surface area contributed by atoms with E-state index in [1.807, 2.05) is 0 Å². The van der Waals surface area contributed by atoms with Gasteiger partial charge in [-0.05, 0) is 18.1 Å². The summed E-state index contributed by atoms with van der Waals surface area (Å²) in [5.74, 6) is 0.402. The molecule has 0 rings (SSSR count). The number of rotatable bonds is 3. The van der Waals surface area contributed by atoms with Crippen molar-refractivity contribution in [2.24, 2.45) is 5.92 Å². The molecule has 1 nitrogen and oxygen atoms in total. The standard InChI is InChI=1S/C10H23OSi.Li/c1-9(2)8-11-12(6,7)10(3,4)5;/h9H,1,8H2,2-7H3;/q-1;+1. The summed E-state index contributed by atoms with van der Waals surface area (Å²) >= 11 is 0. The maximum atomic E-state index is 5.93. The van der Waals surface area contributed by atoms with E-state index >= 15 is 0 Å². The molecule has 74 valence electrons. The molecule has 0 aromatic rings. The van der Waals surface area contributed by atoms with Gasteiger partial charge in [0.2, 0.25) is 0 Å². The van der Waals surface area contributed by atoms with Gasteiger partial charge in [0.15, 0.2) is 8.32 Å². The zero-order valence-corrected chi connectivity index (χ0v) is 11.4. The molecule has 1 unspecified atom stereocenters. The summed E-state index contributed by atoms with van der Waals surface area (Å²) in [6, 6.07) is 0. The van der Waals surface area contributed by atoms with Gasteiger partial charge in [-0.25, -0.2) is 0 Å². The van der Waals surface area contributed by atoms with Gasteiger partial charge in [0.05, 0.1) is 0 Å². The molecule has 0 saturated carbocycles. The Morgan fingerprint density at radius 1 is 1.31 bits per heavy atom. The second-order valence-electron chi connectivity index (χ2n) is 5.18. The fraction of sp³-hybridized carbons (Fsp3) is 0.900. The van der Waals surface area contributed by atoms with Crippen molar-refractivity contribution in [3.8, 4) is 0 Å². The molecule has 0 spiro atoms. The van der Waals surface area contributed by atoms with E-state index in [0.717, 1.165) is 6.61 Å². The number of hydrogen-bond acceptors (Lipinski definition) is 1. The maximum Gasteiger partial charge on any atom is 1.00 e. The largest absolute Gasteiger partial charge is 1.00 e. The first-order chi connectivity index (χ1) is 5.17. The molecule has 0 aliphatic rings. The Labute approximate surface area is 96.9 Å². The van der Waals surface area contributed by atoms with Crippen molar-refractivity contribution in [2.75, 3.05) is 6.61 Å². The van der Waals surface area contributed by atoms with Crippen LogP contribution in [0.15, 0.2) is 0 Å². The Morgan fingerprint density at radius 2 is 1.69 bits per heavy atom. The summed E-state index contributed by atoms with van der Waals surface area (Å²) in [5.41, 5.74) is 0. The average molecular weight is 194 g/mol. The van der Waals surface area contributed by atoms with E-state index in [1.54, 1.807) is 0 Å². The molecule has 0 saturated heterocycles. The molecule has 3 heteroatoms. The van der Waals surface area contributed by atoms with Crippen LogP contribution in [0.3, 0.4) is 0 Å². The fourth-order valence-corrected chi connectivity index (χ4v) is 1.70. The fourth-order valence-electron chi connectivity index (χ4n) is 0.567. The third kappa shape index (κ3) is 5.96. The van der Waals surface area contributed by atoms with E-state index in [9.17, 15) is 0 Å². The Hall–Kier alpha value is 0.774. The van der Waals surface area contributed by atoms with Crippen molar-refractivity contribution in [3.05, 3.63) is 6.92 Å². The zero-order chi connectivity index (χ0) is 9.99. The van der Waals surface area contributed by atoms with Gasteiger partial charge in [-0.1, -0.05) is 27.7 Å². The summed E-state index contributed by atoms with van der Waals surface area (Å²) in [4.78, 5) is 0. The molecule has 0 heterocycles. The van der Waals surface area contributed by atoms with E-state index in [-0.39, 0.29) is 18.9 Å². The summed E-state index contributed by atoms with van der Waals surface area (Å²) in [6.45, 7) is 18.1. The van der Waals surface area contributed by atoms with Crippen LogP contribution in [0, 0.1) is 12.8 Å². The van der Waals surface area contributed by atoms with E-state index in [1.165, 1.54) is 0 Å². The molecular formula is C10H23LiOSi. The third-order valence-corrected chi connectivity index (χ3v) is 7.04. The summed E-state index contributed by atoms with van der Waals surface area (Å²) in [6.07, 6.45) is 0. The first-order valence-corrected chi connectivity index (χ1v) is 7.54. The summed E-state index contributed by atoms with van der Waals surface area (Å²) in [5, 5.41) is 0.321. The van der Waals surface area contributed by atoms with Crippen LogP contribution in [0.2, 0.25) is 18.1 Å². The first-order valence-electron chi connectivity index (χ1n) is 4.64. The molecule has 0 N–H and O–H groups in total. The Balaban J connectivity index is 0. The summed E-state index contributed by atoms with van der Waals surface area (Å²) < 4.78 is 5.93. The van der Waals surface area contributed by atoms with Gasteiger partial charge in [-0.3, -0.25) is 0 Å². The van der Waals surface area contributed by atoms with Crippen LogP contribution in [0.5, 0.6) is 0 Å². The monoisotopic (exact) mass is 194 g/mol. The quantitative estimate of drug-likeness (QED) is 0.469. The van der Waals surface area contributed by atoms with Crippen LogP contribution in [0.25, 0.3) is 0 Å². The van der Waals surface area contributed by atoms with Crippen molar-refractivity contribution in [2.45, 2.75) is 45.8 Å². The molecule has 0 aromatic heterocycles. The minimum Gasteiger partial charge on any atom is -0.419 e. The Morgan fingerprint density at radius 3 is 1.92 bits per heavy atom. The molecule has 0 aliphatic heterocycles. The Bertz CT molecular complexity index is 138. The van der Waals surface area contributed by atoms with E-state index in [4.69, 9.17) is 4.43 Å². The third-order valence-electron chi connectivity index (χ3n) is 2.53. The molecule has 13 heavy (non-hydrogen) atoms. The minimum atomic E-state index is -1.51. The van der Waals surface area contributed by atoms with Crippen LogP contribution in [-0.4, -0.2) is 14.9 Å². The van der Waals surface area contributed by atoms with Crippen LogP contribution in [0.1, 0.15) is 27.7 Å². The zero-order valence-electron chi connectivity index (χ0n) is 10.4. The first kappa shape index (κ1) is 16.2. The smallest absolute Gasteiger partial charge is 0.419 e. The molecular weight excluding hydrogens is 171 g/mol. The molecule has 0 amide bonds. The predicted molar refractivity (Wildman–Crippen MR) is 57.7 cm³/mol. The Kier molecular flexibility index (Phi) is 6.99. The van der Waals surface area contributed by atoms with Crippen LogP contribution in [-0.2, 0) is 4.43 Å². The van der Waals surface area contributed by atoms with Crippen molar-refractivity contribution in [1.82, 2.24) is 0 Å². The molecule has 0 bridgehead atoms. The summed E-state index contributed by atoms with van der Waals surface area (Å²) in [7, 11) is -1.51. The number of hydrogen-bond donors (Lipinski definition) is 0. The average Bonchev–Trinajstić information content (AvgIpc) is 1.81. The van der Waals surface area contributed by atoms with Gasteiger partial charge in [0.1, 0.15) is 0 Å². The second-order valence-corrected chi connectivity index (χ2v) is 9.99. The SMILES string of the molecule is [CH2-]C(C)CO[Si](C)(C)C(C)(C)C.[Li+]. The van der Waals surface area contributed by atoms with Gasteiger partial charge in [-0.2, -0.15) is 0 Å². The topological polar surface area (TPSA) is 9.23 Å². The molecule has 1 atom stereocenters. The van der Waals surface area contributed by atoms with E-state index in [2.05, 4.69) is 47.7 Å². The molecule has 0 aliphatic carbocycles. The van der Waals surface area contributed by atoms with Gasteiger partial charge >= 0.3 is 18.9 Å². The minimum absolute atomic E-state index is 0. The molecule has 0 aromatic carbocycles. The van der Waals surface area contributed by atoms with Crippen LogP contribution in [0.4, 0.5) is 0 Å². The second kappa shape index (κ2) is 5.61.